The van der Waals surface area contributed by atoms with Crippen LogP contribution in [-0.2, 0) is 6.42 Å². The minimum Gasteiger partial charge on any atom is -0.508 e. The van der Waals surface area contributed by atoms with E-state index in [4.69, 9.17) is 0 Å². The van der Waals surface area contributed by atoms with Crippen LogP contribution in [0.4, 0.5) is 0 Å². The van der Waals surface area contributed by atoms with E-state index in [0.29, 0.717) is 11.8 Å². The molecule has 20 heavy (non-hydrogen) atoms. The van der Waals surface area contributed by atoms with Crippen LogP contribution in [0.1, 0.15) is 62.6 Å². The van der Waals surface area contributed by atoms with Gasteiger partial charge in [0.25, 0.3) is 0 Å². The van der Waals surface area contributed by atoms with Gasteiger partial charge in [-0.3, -0.25) is 0 Å². The topological polar surface area (TPSA) is 32.3 Å². The lowest BCUT2D eigenvalue weighted by Crippen LogP contribution is -2.33. The Bertz CT molecular complexity index is 457. The van der Waals surface area contributed by atoms with Crippen molar-refractivity contribution in [2.24, 2.45) is 11.8 Å². The molecule has 110 valence electrons. The number of hydrogen-bond donors (Lipinski definition) is 2. The van der Waals surface area contributed by atoms with Crippen molar-refractivity contribution in [1.29, 1.82) is 0 Å². The molecule has 0 aliphatic heterocycles. The van der Waals surface area contributed by atoms with Crippen LogP contribution in [0.2, 0.25) is 0 Å². The predicted molar refractivity (Wildman–Crippen MR) is 82.9 cm³/mol. The van der Waals surface area contributed by atoms with Crippen LogP contribution in [0.25, 0.3) is 0 Å². The highest BCUT2D eigenvalue weighted by molar-refractivity contribution is 5.38. The van der Waals surface area contributed by atoms with Gasteiger partial charge in [-0.05, 0) is 67.3 Å². The number of nitrogens with one attached hydrogen (secondary N) is 1. The normalized spacial score (nSPS) is 29.9. The molecule has 1 aromatic rings. The molecular weight excluding hydrogens is 246 g/mol. The average molecular weight is 273 g/mol. The molecule has 3 atom stereocenters. The molecule has 0 radical (unpaired) electrons. The second-order valence-electron chi connectivity index (χ2n) is 6.76. The quantitative estimate of drug-likeness (QED) is 0.865. The van der Waals surface area contributed by atoms with Gasteiger partial charge in [0.15, 0.2) is 0 Å². The first-order valence-corrected chi connectivity index (χ1v) is 8.29. The molecule has 2 aliphatic rings. The van der Waals surface area contributed by atoms with Gasteiger partial charge in [-0.15, -0.1) is 0 Å². The number of aryl methyl sites for hydroxylation is 1. The van der Waals surface area contributed by atoms with Gasteiger partial charge in [-0.2, -0.15) is 0 Å². The van der Waals surface area contributed by atoms with Crippen LogP contribution in [0.5, 0.6) is 5.75 Å². The molecule has 2 aliphatic carbocycles. The lowest BCUT2D eigenvalue weighted by molar-refractivity contribution is 0.237. The Balaban J connectivity index is 1.64. The first kappa shape index (κ1) is 13.9. The zero-order valence-electron chi connectivity index (χ0n) is 12.6. The van der Waals surface area contributed by atoms with Crippen LogP contribution in [0.15, 0.2) is 18.2 Å². The summed E-state index contributed by atoms with van der Waals surface area (Å²) < 4.78 is 0. The van der Waals surface area contributed by atoms with Crippen LogP contribution in [-0.4, -0.2) is 11.7 Å². The smallest absolute Gasteiger partial charge is 0.115 e. The van der Waals surface area contributed by atoms with Gasteiger partial charge in [0.2, 0.25) is 0 Å². The van der Waals surface area contributed by atoms with E-state index in [0.717, 1.165) is 24.8 Å². The van der Waals surface area contributed by atoms with Crippen molar-refractivity contribution in [3.8, 4) is 5.75 Å². The zero-order valence-corrected chi connectivity index (χ0v) is 12.6. The van der Waals surface area contributed by atoms with Gasteiger partial charge >= 0.3 is 0 Å². The maximum Gasteiger partial charge on any atom is 0.115 e. The fourth-order valence-electron chi connectivity index (χ4n) is 4.00. The second kappa shape index (κ2) is 6.17. The second-order valence-corrected chi connectivity index (χ2v) is 6.76. The number of aromatic hydroxyl groups is 1. The molecule has 1 aromatic carbocycles. The fraction of sp³-hybridized carbons (Fsp3) is 0.667. The van der Waals surface area contributed by atoms with Crippen molar-refractivity contribution in [3.05, 3.63) is 29.3 Å². The molecule has 0 heterocycles. The monoisotopic (exact) mass is 273 g/mol. The molecule has 1 fully saturated rings. The molecule has 0 aromatic heterocycles. The SMILES string of the molecule is CC1CCCCC1CNC1CCCc2cc(O)ccc21. The Labute approximate surface area is 122 Å². The zero-order chi connectivity index (χ0) is 13.9. The third-order valence-electron chi connectivity index (χ3n) is 5.36. The highest BCUT2D eigenvalue weighted by Gasteiger charge is 2.24. The number of phenolic OH excluding ortho intramolecular Hbond substituents is 1. The van der Waals surface area contributed by atoms with E-state index in [-0.39, 0.29) is 0 Å². The summed E-state index contributed by atoms with van der Waals surface area (Å²) in [5.74, 6) is 2.13. The van der Waals surface area contributed by atoms with Gasteiger partial charge in [0.1, 0.15) is 5.75 Å². The van der Waals surface area contributed by atoms with Crippen molar-refractivity contribution < 1.29 is 5.11 Å². The van der Waals surface area contributed by atoms with E-state index in [9.17, 15) is 5.11 Å². The standard InChI is InChI=1S/C18H27NO/c1-13-5-2-3-6-15(13)12-19-18-8-4-7-14-11-16(20)9-10-17(14)18/h9-11,13,15,18-20H,2-8,12H2,1H3. The summed E-state index contributed by atoms with van der Waals surface area (Å²) in [7, 11) is 0. The Hall–Kier alpha value is -1.02. The first-order valence-electron chi connectivity index (χ1n) is 8.29. The third-order valence-corrected chi connectivity index (χ3v) is 5.36. The Morgan fingerprint density at radius 3 is 2.85 bits per heavy atom. The van der Waals surface area contributed by atoms with E-state index in [2.05, 4.69) is 18.3 Å². The van der Waals surface area contributed by atoms with Crippen molar-refractivity contribution in [2.75, 3.05) is 6.54 Å². The fourth-order valence-corrected chi connectivity index (χ4v) is 4.00. The van der Waals surface area contributed by atoms with Crippen LogP contribution >= 0.6 is 0 Å². The summed E-state index contributed by atoms with van der Waals surface area (Å²) in [6.07, 6.45) is 9.20. The van der Waals surface area contributed by atoms with Crippen molar-refractivity contribution >= 4 is 0 Å². The first-order chi connectivity index (χ1) is 9.74. The Morgan fingerprint density at radius 1 is 1.15 bits per heavy atom. The highest BCUT2D eigenvalue weighted by Crippen LogP contribution is 2.33. The molecule has 0 bridgehead atoms. The number of benzene rings is 1. The summed E-state index contributed by atoms with van der Waals surface area (Å²) in [5, 5.41) is 13.4. The van der Waals surface area contributed by atoms with Crippen LogP contribution < -0.4 is 5.32 Å². The minimum absolute atomic E-state index is 0.408. The van der Waals surface area contributed by atoms with Crippen molar-refractivity contribution in [2.45, 2.75) is 57.9 Å². The van der Waals surface area contributed by atoms with E-state index < -0.39 is 0 Å². The Morgan fingerprint density at radius 2 is 2.00 bits per heavy atom. The summed E-state index contributed by atoms with van der Waals surface area (Å²) in [6, 6.07) is 6.40. The third kappa shape index (κ3) is 3.01. The lowest BCUT2D eigenvalue weighted by Gasteiger charge is -2.32. The minimum atomic E-state index is 0.408. The molecule has 2 heteroatoms. The van der Waals surface area contributed by atoms with Crippen LogP contribution in [0.3, 0.4) is 0 Å². The van der Waals surface area contributed by atoms with Crippen molar-refractivity contribution in [3.63, 3.8) is 0 Å². The highest BCUT2D eigenvalue weighted by atomic mass is 16.3. The van der Waals surface area contributed by atoms with Gasteiger partial charge in [0, 0.05) is 6.04 Å². The maximum absolute atomic E-state index is 9.62. The summed E-state index contributed by atoms with van der Waals surface area (Å²) in [4.78, 5) is 0. The molecule has 2 nitrogen and oxygen atoms in total. The lowest BCUT2D eigenvalue weighted by atomic mass is 9.80. The molecule has 0 amide bonds. The predicted octanol–water partition coefficient (Wildman–Crippen LogP) is 4.19. The van der Waals surface area contributed by atoms with E-state index in [1.54, 1.807) is 0 Å². The number of rotatable bonds is 3. The van der Waals surface area contributed by atoms with Crippen molar-refractivity contribution in [1.82, 2.24) is 5.32 Å². The number of fused-ring (bicyclic) bond motifs is 1. The molecule has 1 saturated carbocycles. The molecular formula is C18H27NO. The van der Waals surface area contributed by atoms with Gasteiger partial charge < -0.3 is 10.4 Å². The molecule has 3 rings (SSSR count). The van der Waals surface area contributed by atoms with E-state index in [1.807, 2.05) is 12.1 Å². The van der Waals surface area contributed by atoms with Crippen LogP contribution in [0, 0.1) is 11.8 Å². The maximum atomic E-state index is 9.62. The average Bonchev–Trinajstić information content (AvgIpc) is 2.46. The van der Waals surface area contributed by atoms with Gasteiger partial charge in [-0.25, -0.2) is 0 Å². The summed E-state index contributed by atoms with van der Waals surface area (Å²) >= 11 is 0. The molecule has 2 N–H and O–H groups in total. The summed E-state index contributed by atoms with van der Waals surface area (Å²) in [6.45, 7) is 3.57. The Kier molecular flexibility index (Phi) is 4.30. The largest absolute Gasteiger partial charge is 0.508 e. The molecule has 3 unspecified atom stereocenters. The molecule has 0 saturated heterocycles. The number of hydrogen-bond acceptors (Lipinski definition) is 2. The van der Waals surface area contributed by atoms with E-state index >= 15 is 0 Å². The van der Waals surface area contributed by atoms with E-state index in [1.165, 1.54) is 49.7 Å². The molecule has 0 spiro atoms. The van der Waals surface area contributed by atoms with Gasteiger partial charge in [-0.1, -0.05) is 32.3 Å². The number of phenols is 1. The van der Waals surface area contributed by atoms with Gasteiger partial charge in [0.05, 0.1) is 0 Å². The summed E-state index contributed by atoms with van der Waals surface area (Å²) in [5.41, 5.74) is 2.75.